The first-order chi connectivity index (χ1) is 12.8. The number of benzene rings is 2. The highest BCUT2D eigenvalue weighted by Gasteiger charge is 2.19. The van der Waals surface area contributed by atoms with Crippen molar-refractivity contribution in [3.8, 4) is 0 Å². The molecule has 3 N–H and O–H groups in total. The second kappa shape index (κ2) is 9.50. The van der Waals surface area contributed by atoms with Crippen molar-refractivity contribution in [2.45, 2.75) is 19.1 Å². The van der Waals surface area contributed by atoms with Crippen molar-refractivity contribution < 1.29 is 9.53 Å². The van der Waals surface area contributed by atoms with Crippen LogP contribution in [0.2, 0.25) is 0 Å². The van der Waals surface area contributed by atoms with E-state index in [0.717, 1.165) is 16.9 Å². The molecule has 0 bridgehead atoms. The highest BCUT2D eigenvalue weighted by molar-refractivity contribution is 5.94. The lowest BCUT2D eigenvalue weighted by Crippen LogP contribution is -2.43. The molecule has 0 aliphatic rings. The number of hydrogen-bond donors (Lipinski definition) is 3. The number of rotatable bonds is 9. The molecule has 0 spiro atoms. The molecule has 0 saturated carbocycles. The minimum Gasteiger partial charge on any atom is -0.362 e. The number of nitrogens with zero attached hydrogens (tertiary/aromatic N) is 1. The molecule has 1 amide bonds. The van der Waals surface area contributed by atoms with Crippen molar-refractivity contribution in [3.63, 3.8) is 0 Å². The van der Waals surface area contributed by atoms with Crippen LogP contribution in [0.25, 0.3) is 0 Å². The van der Waals surface area contributed by atoms with Gasteiger partial charge in [0.25, 0.3) is 0 Å². The Bertz CT molecular complexity index is 776. The maximum Gasteiger partial charge on any atom is 0.241 e. The second-order valence-electron chi connectivity index (χ2n) is 5.87. The van der Waals surface area contributed by atoms with Crippen LogP contribution < -0.4 is 10.6 Å². The lowest BCUT2D eigenvalue weighted by molar-refractivity contribution is -0.118. The average Bonchev–Trinajstić information content (AvgIpc) is 3.19. The Morgan fingerprint density at radius 3 is 2.50 bits per heavy atom. The van der Waals surface area contributed by atoms with E-state index in [1.807, 2.05) is 60.7 Å². The summed E-state index contributed by atoms with van der Waals surface area (Å²) in [7, 11) is 0. The first-order valence-electron chi connectivity index (χ1n) is 8.49. The van der Waals surface area contributed by atoms with E-state index >= 15 is 0 Å². The van der Waals surface area contributed by atoms with E-state index in [1.54, 1.807) is 12.5 Å². The SMILES string of the molecule is O=C(Nc1ccccc1)[C@H](Cc1cnc[nH]1)NCOCc1ccccc1. The van der Waals surface area contributed by atoms with Crippen LogP contribution in [0.4, 0.5) is 5.69 Å². The molecule has 1 aromatic heterocycles. The third-order valence-electron chi connectivity index (χ3n) is 3.88. The summed E-state index contributed by atoms with van der Waals surface area (Å²) in [5.74, 6) is -0.117. The van der Waals surface area contributed by atoms with E-state index in [4.69, 9.17) is 4.74 Å². The van der Waals surface area contributed by atoms with Gasteiger partial charge in [-0.05, 0) is 17.7 Å². The Hall–Kier alpha value is -2.96. The van der Waals surface area contributed by atoms with E-state index in [0.29, 0.717) is 13.0 Å². The molecule has 26 heavy (non-hydrogen) atoms. The number of hydrogen-bond acceptors (Lipinski definition) is 4. The molecule has 1 atom stereocenters. The molecule has 3 rings (SSSR count). The number of imidazole rings is 1. The van der Waals surface area contributed by atoms with Crippen molar-refractivity contribution in [2.24, 2.45) is 0 Å². The van der Waals surface area contributed by atoms with Gasteiger partial charge in [0.1, 0.15) is 0 Å². The predicted octanol–water partition coefficient (Wildman–Crippen LogP) is 2.72. The van der Waals surface area contributed by atoms with Gasteiger partial charge in [-0.15, -0.1) is 0 Å². The van der Waals surface area contributed by atoms with Gasteiger partial charge in [-0.3, -0.25) is 10.1 Å². The quantitative estimate of drug-likeness (QED) is 0.409. The van der Waals surface area contributed by atoms with Gasteiger partial charge >= 0.3 is 0 Å². The summed E-state index contributed by atoms with van der Waals surface area (Å²) in [6.07, 6.45) is 3.82. The van der Waals surface area contributed by atoms with E-state index in [2.05, 4.69) is 20.6 Å². The monoisotopic (exact) mass is 350 g/mol. The zero-order valence-corrected chi connectivity index (χ0v) is 14.4. The number of carbonyl (C=O) groups is 1. The third kappa shape index (κ3) is 5.54. The largest absolute Gasteiger partial charge is 0.362 e. The van der Waals surface area contributed by atoms with Gasteiger partial charge in [-0.25, -0.2) is 4.98 Å². The summed E-state index contributed by atoms with van der Waals surface area (Å²) >= 11 is 0. The standard InChI is InChI=1S/C20H22N4O2/c25-20(24-17-9-5-2-6-10-17)19(11-18-12-21-14-22-18)23-15-26-13-16-7-3-1-4-8-16/h1-10,12,14,19,23H,11,13,15H2,(H,21,22)(H,24,25)/t19-/m0/s1. The molecular formula is C20H22N4O2. The van der Waals surface area contributed by atoms with Crippen LogP contribution in [-0.2, 0) is 22.6 Å². The molecule has 0 unspecified atom stereocenters. The van der Waals surface area contributed by atoms with Crippen LogP contribution in [0.15, 0.2) is 73.2 Å². The minimum absolute atomic E-state index is 0.117. The van der Waals surface area contributed by atoms with Gasteiger partial charge in [0.05, 0.1) is 25.7 Å². The predicted molar refractivity (Wildman–Crippen MR) is 100 cm³/mol. The first kappa shape index (κ1) is 17.8. The lowest BCUT2D eigenvalue weighted by atomic mass is 10.1. The number of para-hydroxylation sites is 1. The molecule has 0 fully saturated rings. The molecule has 6 heteroatoms. The highest BCUT2D eigenvalue weighted by Crippen LogP contribution is 2.08. The van der Waals surface area contributed by atoms with Gasteiger partial charge in [0, 0.05) is 24.0 Å². The maximum atomic E-state index is 12.6. The topological polar surface area (TPSA) is 79.0 Å². The summed E-state index contributed by atoms with van der Waals surface area (Å²) < 4.78 is 5.65. The maximum absolute atomic E-state index is 12.6. The molecule has 0 aliphatic carbocycles. The number of nitrogens with one attached hydrogen (secondary N) is 3. The summed E-state index contributed by atoms with van der Waals surface area (Å²) in [5.41, 5.74) is 2.74. The number of ether oxygens (including phenoxy) is 1. The van der Waals surface area contributed by atoms with Crippen molar-refractivity contribution in [3.05, 3.63) is 84.4 Å². The van der Waals surface area contributed by atoms with Gasteiger partial charge in [0.2, 0.25) is 5.91 Å². The number of H-pyrrole nitrogens is 1. The van der Waals surface area contributed by atoms with Gasteiger partial charge < -0.3 is 15.0 Å². The molecule has 134 valence electrons. The minimum atomic E-state index is -0.438. The third-order valence-corrected chi connectivity index (χ3v) is 3.88. The van der Waals surface area contributed by atoms with Crippen LogP contribution in [0.1, 0.15) is 11.3 Å². The van der Waals surface area contributed by atoms with Crippen LogP contribution in [0.5, 0.6) is 0 Å². The fraction of sp³-hybridized carbons (Fsp3) is 0.200. The Morgan fingerprint density at radius 1 is 1.08 bits per heavy atom. The van der Waals surface area contributed by atoms with Crippen LogP contribution in [0, 0.1) is 0 Å². The molecule has 3 aromatic rings. The van der Waals surface area contributed by atoms with Gasteiger partial charge in [0.15, 0.2) is 0 Å². The van der Waals surface area contributed by atoms with Crippen molar-refractivity contribution >= 4 is 11.6 Å². The first-order valence-corrected chi connectivity index (χ1v) is 8.49. The molecule has 6 nitrogen and oxygen atoms in total. The Labute approximate surface area is 152 Å². The van der Waals surface area contributed by atoms with Crippen molar-refractivity contribution in [1.29, 1.82) is 0 Å². The zero-order chi connectivity index (χ0) is 18.0. The molecule has 0 aliphatic heterocycles. The Kier molecular flexibility index (Phi) is 6.53. The molecular weight excluding hydrogens is 328 g/mol. The summed E-state index contributed by atoms with van der Waals surface area (Å²) in [5, 5.41) is 6.09. The normalized spacial score (nSPS) is 11.8. The van der Waals surface area contributed by atoms with Crippen LogP contribution >= 0.6 is 0 Å². The van der Waals surface area contributed by atoms with Crippen LogP contribution in [0.3, 0.4) is 0 Å². The number of aromatic amines is 1. The van der Waals surface area contributed by atoms with Gasteiger partial charge in [-0.1, -0.05) is 48.5 Å². The smallest absolute Gasteiger partial charge is 0.241 e. The van der Waals surface area contributed by atoms with E-state index in [1.165, 1.54) is 0 Å². The molecule has 1 heterocycles. The molecule has 0 radical (unpaired) electrons. The Morgan fingerprint density at radius 2 is 1.81 bits per heavy atom. The molecule has 0 saturated heterocycles. The lowest BCUT2D eigenvalue weighted by Gasteiger charge is -2.18. The van der Waals surface area contributed by atoms with Crippen molar-refractivity contribution in [2.75, 3.05) is 12.0 Å². The fourth-order valence-corrected chi connectivity index (χ4v) is 2.53. The fourth-order valence-electron chi connectivity index (χ4n) is 2.53. The zero-order valence-electron chi connectivity index (χ0n) is 14.4. The van der Waals surface area contributed by atoms with Gasteiger partial charge in [-0.2, -0.15) is 0 Å². The Balaban J connectivity index is 1.55. The van der Waals surface area contributed by atoms with E-state index in [-0.39, 0.29) is 12.6 Å². The summed E-state index contributed by atoms with van der Waals surface area (Å²) in [6.45, 7) is 0.765. The van der Waals surface area contributed by atoms with Crippen molar-refractivity contribution in [1.82, 2.24) is 15.3 Å². The summed E-state index contributed by atoms with van der Waals surface area (Å²) in [6, 6.07) is 18.9. The summed E-state index contributed by atoms with van der Waals surface area (Å²) in [4.78, 5) is 19.7. The number of carbonyl (C=O) groups excluding carboxylic acids is 1. The highest BCUT2D eigenvalue weighted by atomic mass is 16.5. The molecule has 2 aromatic carbocycles. The van der Waals surface area contributed by atoms with Crippen LogP contribution in [-0.4, -0.2) is 28.6 Å². The van der Waals surface area contributed by atoms with E-state index in [9.17, 15) is 4.79 Å². The van der Waals surface area contributed by atoms with E-state index < -0.39 is 6.04 Å². The number of anilines is 1. The number of aromatic nitrogens is 2. The number of amides is 1. The second-order valence-corrected chi connectivity index (χ2v) is 5.87. The average molecular weight is 350 g/mol.